The lowest BCUT2D eigenvalue weighted by atomic mass is 10.1. The number of aromatic nitrogens is 1. The summed E-state index contributed by atoms with van der Waals surface area (Å²) >= 11 is 0. The second-order valence-corrected chi connectivity index (χ2v) is 4.88. The molecular formula is C17H19NO3. The zero-order valence-corrected chi connectivity index (χ0v) is 12.1. The summed E-state index contributed by atoms with van der Waals surface area (Å²) in [5.74, 6) is -0.183. The van der Waals surface area contributed by atoms with E-state index in [2.05, 4.69) is 24.0 Å². The van der Waals surface area contributed by atoms with Gasteiger partial charge in [-0.15, -0.1) is 0 Å². The smallest absolute Gasteiger partial charge is 0.337 e. The third kappa shape index (κ3) is 4.60. The molecule has 21 heavy (non-hydrogen) atoms. The Morgan fingerprint density at radius 3 is 2.52 bits per heavy atom. The summed E-state index contributed by atoms with van der Waals surface area (Å²) in [4.78, 5) is 14.8. The number of aryl methyl sites for hydroxylation is 1. The fourth-order valence-corrected chi connectivity index (χ4v) is 1.93. The van der Waals surface area contributed by atoms with Gasteiger partial charge in [-0.1, -0.05) is 25.5 Å². The summed E-state index contributed by atoms with van der Waals surface area (Å²) in [5.41, 5.74) is 2.20. The number of nitrogens with zero attached hydrogens (tertiary/aromatic N) is 1. The molecule has 2 aromatic rings. The third-order valence-electron chi connectivity index (χ3n) is 3.20. The predicted molar refractivity (Wildman–Crippen MR) is 80.6 cm³/mol. The van der Waals surface area contributed by atoms with Crippen LogP contribution < -0.4 is 4.74 Å². The van der Waals surface area contributed by atoms with E-state index in [0.29, 0.717) is 12.3 Å². The third-order valence-corrected chi connectivity index (χ3v) is 3.20. The summed E-state index contributed by atoms with van der Waals surface area (Å²) in [6, 6.07) is 11.3. The van der Waals surface area contributed by atoms with E-state index in [1.165, 1.54) is 30.7 Å². The Balaban J connectivity index is 1.88. The predicted octanol–water partition coefficient (Wildman–Crippen LogP) is 3.70. The first kappa shape index (κ1) is 15.0. The maximum Gasteiger partial charge on any atom is 0.337 e. The molecule has 1 aromatic heterocycles. The second-order valence-electron chi connectivity index (χ2n) is 4.88. The standard InChI is InChI=1S/C17H19NO3/c1-2-3-4-13-5-9-16(10-6-13)21-12-15-8-7-14(11-18-15)17(19)20/h5-11H,2-4,12H2,1H3,(H,19,20). The first-order valence-electron chi connectivity index (χ1n) is 7.09. The number of pyridine rings is 1. The van der Waals surface area contributed by atoms with Gasteiger partial charge in [0.05, 0.1) is 11.3 Å². The van der Waals surface area contributed by atoms with Gasteiger partial charge < -0.3 is 9.84 Å². The average Bonchev–Trinajstić information content (AvgIpc) is 2.52. The van der Waals surface area contributed by atoms with Crippen LogP contribution >= 0.6 is 0 Å². The maximum atomic E-state index is 10.7. The van der Waals surface area contributed by atoms with E-state index in [0.717, 1.165) is 12.2 Å². The van der Waals surface area contributed by atoms with Gasteiger partial charge in [-0.3, -0.25) is 4.98 Å². The van der Waals surface area contributed by atoms with Crippen molar-refractivity contribution in [2.24, 2.45) is 0 Å². The van der Waals surface area contributed by atoms with Crippen LogP contribution in [0.1, 0.15) is 41.4 Å². The normalized spacial score (nSPS) is 10.3. The van der Waals surface area contributed by atoms with E-state index in [9.17, 15) is 4.79 Å². The zero-order valence-electron chi connectivity index (χ0n) is 12.1. The number of hydrogen-bond acceptors (Lipinski definition) is 3. The van der Waals surface area contributed by atoms with Crippen LogP contribution in [0.2, 0.25) is 0 Å². The number of carbonyl (C=O) groups is 1. The Labute approximate surface area is 124 Å². The summed E-state index contributed by atoms with van der Waals surface area (Å²) < 4.78 is 5.64. The van der Waals surface area contributed by atoms with Gasteiger partial charge in [0, 0.05) is 6.20 Å². The molecule has 0 saturated heterocycles. The topological polar surface area (TPSA) is 59.4 Å². The first-order valence-corrected chi connectivity index (χ1v) is 7.09. The monoisotopic (exact) mass is 285 g/mol. The minimum atomic E-state index is -0.974. The average molecular weight is 285 g/mol. The number of aromatic carboxylic acids is 1. The molecule has 0 radical (unpaired) electrons. The van der Waals surface area contributed by atoms with Crippen molar-refractivity contribution in [1.82, 2.24) is 4.98 Å². The summed E-state index contributed by atoms with van der Waals surface area (Å²) in [7, 11) is 0. The fourth-order valence-electron chi connectivity index (χ4n) is 1.93. The molecule has 0 aliphatic heterocycles. The lowest BCUT2D eigenvalue weighted by molar-refractivity contribution is 0.0696. The zero-order chi connectivity index (χ0) is 15.1. The van der Waals surface area contributed by atoms with E-state index >= 15 is 0 Å². The van der Waals surface area contributed by atoms with Crippen molar-refractivity contribution in [3.8, 4) is 5.75 Å². The van der Waals surface area contributed by atoms with Crippen LogP contribution in [0.25, 0.3) is 0 Å². The van der Waals surface area contributed by atoms with Gasteiger partial charge >= 0.3 is 5.97 Å². The van der Waals surface area contributed by atoms with Crippen LogP contribution in [0.5, 0.6) is 5.75 Å². The quantitative estimate of drug-likeness (QED) is 0.842. The van der Waals surface area contributed by atoms with E-state index < -0.39 is 5.97 Å². The molecule has 0 unspecified atom stereocenters. The highest BCUT2D eigenvalue weighted by atomic mass is 16.5. The highest BCUT2D eigenvalue weighted by Crippen LogP contribution is 2.15. The van der Waals surface area contributed by atoms with E-state index in [-0.39, 0.29) is 5.56 Å². The number of rotatable bonds is 7. The maximum absolute atomic E-state index is 10.7. The van der Waals surface area contributed by atoms with E-state index in [1.807, 2.05) is 12.1 Å². The van der Waals surface area contributed by atoms with Crippen LogP contribution in [0.15, 0.2) is 42.6 Å². The number of unbranched alkanes of at least 4 members (excludes halogenated alkanes) is 1. The van der Waals surface area contributed by atoms with Gasteiger partial charge in [0.2, 0.25) is 0 Å². The van der Waals surface area contributed by atoms with Gasteiger partial charge in [-0.25, -0.2) is 4.79 Å². The Kier molecular flexibility index (Phi) is 5.32. The number of carboxylic acids is 1. The van der Waals surface area contributed by atoms with Crippen molar-refractivity contribution in [2.75, 3.05) is 0 Å². The number of hydrogen-bond donors (Lipinski definition) is 1. The molecule has 0 fully saturated rings. The Morgan fingerprint density at radius 1 is 1.19 bits per heavy atom. The van der Waals surface area contributed by atoms with Gasteiger partial charge in [0.1, 0.15) is 12.4 Å². The Hall–Kier alpha value is -2.36. The minimum Gasteiger partial charge on any atom is -0.487 e. The molecule has 0 spiro atoms. The number of carboxylic acid groups (broad SMARTS) is 1. The molecule has 2 rings (SSSR count). The van der Waals surface area contributed by atoms with Crippen molar-refractivity contribution in [3.63, 3.8) is 0 Å². The molecule has 1 N–H and O–H groups in total. The summed E-state index contributed by atoms with van der Waals surface area (Å²) in [5, 5.41) is 8.80. The van der Waals surface area contributed by atoms with Gasteiger partial charge in [-0.05, 0) is 42.7 Å². The largest absolute Gasteiger partial charge is 0.487 e. The molecule has 0 aliphatic rings. The van der Waals surface area contributed by atoms with Crippen LogP contribution in [0.3, 0.4) is 0 Å². The summed E-state index contributed by atoms with van der Waals surface area (Å²) in [6.07, 6.45) is 4.82. The molecular weight excluding hydrogens is 266 g/mol. The molecule has 1 aromatic carbocycles. The highest BCUT2D eigenvalue weighted by Gasteiger charge is 2.03. The lowest BCUT2D eigenvalue weighted by Crippen LogP contribution is -2.01. The van der Waals surface area contributed by atoms with Gasteiger partial charge in [0.15, 0.2) is 0 Å². The molecule has 4 heteroatoms. The summed E-state index contributed by atoms with van der Waals surface area (Å²) in [6.45, 7) is 2.51. The molecule has 0 amide bonds. The van der Waals surface area contributed by atoms with E-state index in [4.69, 9.17) is 9.84 Å². The Morgan fingerprint density at radius 2 is 1.95 bits per heavy atom. The van der Waals surface area contributed by atoms with Crippen molar-refractivity contribution in [3.05, 3.63) is 59.4 Å². The Bertz CT molecular complexity index is 576. The molecule has 0 atom stereocenters. The number of ether oxygens (including phenoxy) is 1. The molecule has 110 valence electrons. The van der Waals surface area contributed by atoms with Gasteiger partial charge in [0.25, 0.3) is 0 Å². The molecule has 0 bridgehead atoms. The van der Waals surface area contributed by atoms with Crippen molar-refractivity contribution in [2.45, 2.75) is 32.8 Å². The van der Waals surface area contributed by atoms with E-state index in [1.54, 1.807) is 6.07 Å². The minimum absolute atomic E-state index is 0.180. The SMILES string of the molecule is CCCCc1ccc(OCc2ccc(C(=O)O)cn2)cc1. The van der Waals surface area contributed by atoms with Crippen LogP contribution in [-0.4, -0.2) is 16.1 Å². The molecule has 0 saturated carbocycles. The molecule has 4 nitrogen and oxygen atoms in total. The first-order chi connectivity index (χ1) is 10.2. The van der Waals surface area contributed by atoms with Crippen LogP contribution in [-0.2, 0) is 13.0 Å². The van der Waals surface area contributed by atoms with Crippen molar-refractivity contribution in [1.29, 1.82) is 0 Å². The second kappa shape index (κ2) is 7.43. The lowest BCUT2D eigenvalue weighted by Gasteiger charge is -2.07. The van der Waals surface area contributed by atoms with Crippen molar-refractivity contribution < 1.29 is 14.6 Å². The molecule has 1 heterocycles. The van der Waals surface area contributed by atoms with Crippen molar-refractivity contribution >= 4 is 5.97 Å². The fraction of sp³-hybridized carbons (Fsp3) is 0.294. The van der Waals surface area contributed by atoms with Crippen LogP contribution in [0.4, 0.5) is 0 Å². The van der Waals surface area contributed by atoms with Gasteiger partial charge in [-0.2, -0.15) is 0 Å². The molecule has 0 aliphatic carbocycles. The highest BCUT2D eigenvalue weighted by molar-refractivity contribution is 5.87. The van der Waals surface area contributed by atoms with Crippen LogP contribution in [0, 0.1) is 0 Å². The number of benzene rings is 1.